The normalized spacial score (nSPS) is 8.79. The van der Waals surface area contributed by atoms with E-state index in [9.17, 15) is 4.79 Å². The summed E-state index contributed by atoms with van der Waals surface area (Å²) in [6, 6.07) is 9.41. The van der Waals surface area contributed by atoms with Crippen LogP contribution in [0.3, 0.4) is 0 Å². The molecule has 0 bridgehead atoms. The molecular weight excluding hydrogens is 240 g/mol. The Labute approximate surface area is 94.7 Å². The molecule has 0 saturated carbocycles. The molecule has 0 aliphatic heterocycles. The number of benzene rings is 1. The average molecular weight is 257 g/mol. The summed E-state index contributed by atoms with van der Waals surface area (Å²) >= 11 is 3.30. The molecule has 0 amide bonds. The van der Waals surface area contributed by atoms with E-state index in [1.165, 1.54) is 0 Å². The second-order valence-corrected chi connectivity index (χ2v) is 3.37. The SMILES string of the molecule is CC.O=C(CCCBr)c1ccccc1. The van der Waals surface area contributed by atoms with E-state index in [0.29, 0.717) is 6.42 Å². The van der Waals surface area contributed by atoms with Gasteiger partial charge in [-0.3, -0.25) is 4.79 Å². The number of alkyl halides is 1. The van der Waals surface area contributed by atoms with Crippen LogP contribution in [0.15, 0.2) is 30.3 Å². The first-order chi connectivity index (χ1) is 6.84. The second kappa shape index (κ2) is 8.95. The lowest BCUT2D eigenvalue weighted by atomic mass is 10.1. The van der Waals surface area contributed by atoms with Crippen molar-refractivity contribution in [3.63, 3.8) is 0 Å². The minimum atomic E-state index is 0.232. The first-order valence-electron chi connectivity index (χ1n) is 4.99. The van der Waals surface area contributed by atoms with Gasteiger partial charge in [-0.25, -0.2) is 0 Å². The van der Waals surface area contributed by atoms with Gasteiger partial charge in [-0.1, -0.05) is 60.1 Å². The van der Waals surface area contributed by atoms with Crippen molar-refractivity contribution < 1.29 is 4.79 Å². The van der Waals surface area contributed by atoms with Crippen LogP contribution in [0, 0.1) is 0 Å². The van der Waals surface area contributed by atoms with Gasteiger partial charge in [-0.15, -0.1) is 0 Å². The van der Waals surface area contributed by atoms with Crippen LogP contribution in [0.5, 0.6) is 0 Å². The summed E-state index contributed by atoms with van der Waals surface area (Å²) in [7, 11) is 0. The van der Waals surface area contributed by atoms with Crippen molar-refractivity contribution in [2.24, 2.45) is 0 Å². The second-order valence-electron chi connectivity index (χ2n) is 2.58. The lowest BCUT2D eigenvalue weighted by molar-refractivity contribution is 0.0982. The molecule has 0 aromatic heterocycles. The van der Waals surface area contributed by atoms with Gasteiger partial charge in [0.1, 0.15) is 0 Å². The molecule has 0 N–H and O–H groups in total. The lowest BCUT2D eigenvalue weighted by Gasteiger charge is -1.97. The topological polar surface area (TPSA) is 17.1 Å². The van der Waals surface area contributed by atoms with Crippen molar-refractivity contribution in [2.45, 2.75) is 26.7 Å². The van der Waals surface area contributed by atoms with E-state index in [0.717, 1.165) is 17.3 Å². The standard InChI is InChI=1S/C10H11BrO.C2H6/c11-8-4-7-10(12)9-5-2-1-3-6-9;1-2/h1-3,5-6H,4,7-8H2;1-2H3. The summed E-state index contributed by atoms with van der Waals surface area (Å²) in [6.07, 6.45) is 1.54. The zero-order valence-corrected chi connectivity index (χ0v) is 10.4. The van der Waals surface area contributed by atoms with Crippen LogP contribution in [0.2, 0.25) is 0 Å². The molecule has 78 valence electrons. The van der Waals surface area contributed by atoms with Gasteiger partial charge in [0.2, 0.25) is 0 Å². The van der Waals surface area contributed by atoms with Crippen LogP contribution < -0.4 is 0 Å². The minimum Gasteiger partial charge on any atom is -0.294 e. The average Bonchev–Trinajstić information content (AvgIpc) is 2.30. The summed E-state index contributed by atoms with van der Waals surface area (Å²) < 4.78 is 0. The van der Waals surface area contributed by atoms with Gasteiger partial charge in [0.05, 0.1) is 0 Å². The largest absolute Gasteiger partial charge is 0.294 e. The fraction of sp³-hybridized carbons (Fsp3) is 0.417. The van der Waals surface area contributed by atoms with E-state index in [4.69, 9.17) is 0 Å². The van der Waals surface area contributed by atoms with Crippen molar-refractivity contribution in [2.75, 3.05) is 5.33 Å². The number of hydrogen-bond acceptors (Lipinski definition) is 1. The Morgan fingerprint density at radius 3 is 2.29 bits per heavy atom. The van der Waals surface area contributed by atoms with E-state index in [-0.39, 0.29) is 5.78 Å². The Bertz CT molecular complexity index is 244. The maximum absolute atomic E-state index is 11.4. The number of Topliss-reactive ketones (excluding diaryl/α,β-unsaturated/α-hetero) is 1. The van der Waals surface area contributed by atoms with Crippen molar-refractivity contribution in [1.82, 2.24) is 0 Å². The molecule has 14 heavy (non-hydrogen) atoms. The first-order valence-corrected chi connectivity index (χ1v) is 6.11. The summed E-state index contributed by atoms with van der Waals surface area (Å²) in [6.45, 7) is 4.00. The van der Waals surface area contributed by atoms with Gasteiger partial charge in [0, 0.05) is 17.3 Å². The zero-order chi connectivity index (χ0) is 10.8. The molecule has 0 atom stereocenters. The third kappa shape index (κ3) is 5.18. The number of ketones is 1. The van der Waals surface area contributed by atoms with Gasteiger partial charge in [-0.05, 0) is 6.42 Å². The maximum Gasteiger partial charge on any atom is 0.162 e. The van der Waals surface area contributed by atoms with Gasteiger partial charge >= 0.3 is 0 Å². The van der Waals surface area contributed by atoms with Crippen LogP contribution in [0.1, 0.15) is 37.0 Å². The molecule has 1 aromatic carbocycles. The molecule has 0 fully saturated rings. The van der Waals surface area contributed by atoms with Gasteiger partial charge in [0.15, 0.2) is 5.78 Å². The third-order valence-electron chi connectivity index (χ3n) is 1.63. The van der Waals surface area contributed by atoms with E-state index in [2.05, 4.69) is 15.9 Å². The highest BCUT2D eigenvalue weighted by Gasteiger charge is 2.02. The minimum absolute atomic E-state index is 0.232. The van der Waals surface area contributed by atoms with Crippen LogP contribution in [-0.2, 0) is 0 Å². The molecule has 0 saturated heterocycles. The number of rotatable bonds is 4. The summed E-state index contributed by atoms with van der Waals surface area (Å²) in [4.78, 5) is 11.4. The first kappa shape index (κ1) is 13.4. The number of carbonyl (C=O) groups is 1. The van der Waals surface area contributed by atoms with Crippen molar-refractivity contribution >= 4 is 21.7 Å². The lowest BCUT2D eigenvalue weighted by Crippen LogP contribution is -1.98. The number of carbonyl (C=O) groups excluding carboxylic acids is 1. The molecular formula is C12H17BrO. The van der Waals surface area contributed by atoms with Crippen molar-refractivity contribution in [3.05, 3.63) is 35.9 Å². The summed E-state index contributed by atoms with van der Waals surface area (Å²) in [5.74, 6) is 0.232. The van der Waals surface area contributed by atoms with Gasteiger partial charge in [-0.2, -0.15) is 0 Å². The zero-order valence-electron chi connectivity index (χ0n) is 8.79. The highest BCUT2D eigenvalue weighted by atomic mass is 79.9. The van der Waals surface area contributed by atoms with Gasteiger partial charge in [0.25, 0.3) is 0 Å². The molecule has 0 aliphatic carbocycles. The van der Waals surface area contributed by atoms with E-state index < -0.39 is 0 Å². The van der Waals surface area contributed by atoms with Crippen molar-refractivity contribution in [1.29, 1.82) is 0 Å². The molecule has 0 radical (unpaired) electrons. The van der Waals surface area contributed by atoms with E-state index >= 15 is 0 Å². The fourth-order valence-electron chi connectivity index (χ4n) is 0.996. The van der Waals surface area contributed by atoms with Gasteiger partial charge < -0.3 is 0 Å². The van der Waals surface area contributed by atoms with Crippen LogP contribution in [0.25, 0.3) is 0 Å². The Morgan fingerprint density at radius 1 is 1.21 bits per heavy atom. The summed E-state index contributed by atoms with van der Waals surface area (Å²) in [5, 5.41) is 0.894. The van der Waals surface area contributed by atoms with Crippen LogP contribution in [-0.4, -0.2) is 11.1 Å². The van der Waals surface area contributed by atoms with Crippen LogP contribution in [0.4, 0.5) is 0 Å². The monoisotopic (exact) mass is 256 g/mol. The molecule has 1 nitrogen and oxygen atoms in total. The Kier molecular flexibility index (Phi) is 8.54. The molecule has 2 heteroatoms. The molecule has 0 aliphatic rings. The Morgan fingerprint density at radius 2 is 1.79 bits per heavy atom. The predicted molar refractivity (Wildman–Crippen MR) is 65.1 cm³/mol. The Balaban J connectivity index is 0.000000791. The number of halogens is 1. The predicted octanol–water partition coefficient (Wildman–Crippen LogP) is 4.07. The smallest absolute Gasteiger partial charge is 0.162 e. The van der Waals surface area contributed by atoms with Crippen molar-refractivity contribution in [3.8, 4) is 0 Å². The number of hydrogen-bond donors (Lipinski definition) is 0. The summed E-state index contributed by atoms with van der Waals surface area (Å²) in [5.41, 5.74) is 0.818. The molecule has 1 rings (SSSR count). The highest BCUT2D eigenvalue weighted by Crippen LogP contribution is 2.05. The molecule has 0 spiro atoms. The maximum atomic E-state index is 11.4. The molecule has 1 aromatic rings. The van der Waals surface area contributed by atoms with E-state index in [1.807, 2.05) is 44.2 Å². The fourth-order valence-corrected chi connectivity index (χ4v) is 1.28. The third-order valence-corrected chi connectivity index (χ3v) is 2.19. The highest BCUT2D eigenvalue weighted by molar-refractivity contribution is 9.09. The quantitative estimate of drug-likeness (QED) is 0.587. The molecule has 0 unspecified atom stereocenters. The molecule has 0 heterocycles. The van der Waals surface area contributed by atoms with E-state index in [1.54, 1.807) is 0 Å². The van der Waals surface area contributed by atoms with Crippen LogP contribution >= 0.6 is 15.9 Å². The Hall–Kier alpha value is -0.630.